The van der Waals surface area contributed by atoms with E-state index >= 15 is 0 Å². The van der Waals surface area contributed by atoms with Crippen LogP contribution in [0.5, 0.6) is 0 Å². The summed E-state index contributed by atoms with van der Waals surface area (Å²) < 4.78 is 124. The predicted molar refractivity (Wildman–Crippen MR) is 185 cm³/mol. The van der Waals surface area contributed by atoms with Gasteiger partial charge >= 0.3 is 18.5 Å². The Labute approximate surface area is 294 Å². The third-order valence-corrected chi connectivity index (χ3v) is 8.97. The molecule has 0 aliphatic rings. The molecule has 0 N–H and O–H groups in total. The molecule has 0 radical (unpaired) electrons. The van der Waals surface area contributed by atoms with E-state index in [1.807, 2.05) is 62.4 Å². The molecule has 0 aliphatic heterocycles. The minimum absolute atomic E-state index is 0.248. The summed E-state index contributed by atoms with van der Waals surface area (Å²) in [5, 5.41) is 0. The average molecular weight is 720 g/mol. The lowest BCUT2D eigenvalue weighted by atomic mass is 9.82. The average Bonchev–Trinajstić information content (AvgIpc) is 3.13. The van der Waals surface area contributed by atoms with Crippen molar-refractivity contribution in [3.05, 3.63) is 149 Å². The van der Waals surface area contributed by atoms with E-state index in [9.17, 15) is 39.5 Å². The second kappa shape index (κ2) is 14.0. The SMILES string of the molecule is CCc1ccc(-c2nc(-c3ccc(CC)cc3)c(-c3ccc(C(F)(F)F)cc3)c(-c3ccc(C(F)(F)F)cc3)c2-c2ccc(C(F)(F)F)cc2)cc1. The van der Waals surface area contributed by atoms with Crippen LogP contribution in [0.2, 0.25) is 0 Å². The molecule has 6 aromatic rings. The summed E-state index contributed by atoms with van der Waals surface area (Å²) in [4.78, 5) is 5.14. The number of rotatable bonds is 7. The molecule has 0 atom stereocenters. The van der Waals surface area contributed by atoms with Gasteiger partial charge in [-0.3, -0.25) is 0 Å². The molecule has 52 heavy (non-hydrogen) atoms. The maximum atomic E-state index is 13.8. The van der Waals surface area contributed by atoms with Gasteiger partial charge in [-0.2, -0.15) is 39.5 Å². The predicted octanol–water partition coefficient (Wildman–Crippen LogP) is 13.6. The summed E-state index contributed by atoms with van der Waals surface area (Å²) in [6, 6.07) is 27.8. The number of aromatic nitrogens is 1. The molecule has 0 unspecified atom stereocenters. The van der Waals surface area contributed by atoms with Gasteiger partial charge in [0.2, 0.25) is 0 Å². The van der Waals surface area contributed by atoms with Crippen molar-refractivity contribution in [1.82, 2.24) is 4.98 Å². The monoisotopic (exact) mass is 719 g/mol. The van der Waals surface area contributed by atoms with Gasteiger partial charge in [0, 0.05) is 27.8 Å². The van der Waals surface area contributed by atoms with Crippen molar-refractivity contribution in [3.8, 4) is 55.9 Å². The van der Waals surface area contributed by atoms with Crippen molar-refractivity contribution in [2.24, 2.45) is 0 Å². The molecule has 0 bridgehead atoms. The van der Waals surface area contributed by atoms with E-state index in [1.165, 1.54) is 36.4 Å². The van der Waals surface area contributed by atoms with E-state index < -0.39 is 35.2 Å². The maximum absolute atomic E-state index is 13.8. The van der Waals surface area contributed by atoms with Gasteiger partial charge in [-0.15, -0.1) is 0 Å². The summed E-state index contributed by atoms with van der Waals surface area (Å²) in [5.41, 5.74) is 2.70. The second-order valence-electron chi connectivity index (χ2n) is 12.3. The highest BCUT2D eigenvalue weighted by Crippen LogP contribution is 2.49. The summed E-state index contributed by atoms with van der Waals surface area (Å²) in [7, 11) is 0. The molecule has 0 spiro atoms. The van der Waals surface area contributed by atoms with Crippen molar-refractivity contribution < 1.29 is 39.5 Å². The van der Waals surface area contributed by atoms with Gasteiger partial charge in [-0.25, -0.2) is 4.98 Å². The van der Waals surface area contributed by atoms with E-state index in [0.29, 0.717) is 33.6 Å². The van der Waals surface area contributed by atoms with Crippen LogP contribution in [-0.4, -0.2) is 4.98 Å². The highest BCUT2D eigenvalue weighted by atomic mass is 19.4. The Morgan fingerprint density at radius 3 is 0.846 bits per heavy atom. The first-order valence-electron chi connectivity index (χ1n) is 16.4. The van der Waals surface area contributed by atoms with Crippen LogP contribution < -0.4 is 0 Å². The minimum Gasteiger partial charge on any atom is -0.246 e. The highest BCUT2D eigenvalue weighted by molar-refractivity contribution is 6.05. The number of pyridine rings is 1. The van der Waals surface area contributed by atoms with Crippen molar-refractivity contribution in [2.45, 2.75) is 45.2 Å². The molecule has 10 heteroatoms. The molecule has 1 nitrogen and oxygen atoms in total. The Balaban J connectivity index is 1.80. The number of halogens is 9. The Bertz CT molecular complexity index is 2030. The minimum atomic E-state index is -4.67. The molecule has 0 saturated carbocycles. The van der Waals surface area contributed by atoms with Crippen LogP contribution >= 0.6 is 0 Å². The highest BCUT2D eigenvalue weighted by Gasteiger charge is 2.34. The standard InChI is InChI=1S/C42H30F9N/c1-3-25-5-9-30(10-6-25)38-36(28-15-21-33(22-16-28)41(46,47)48)35(27-13-19-32(20-14-27)40(43,44)45)37(29-17-23-34(24-18-29)42(49,50)51)39(52-38)31-11-7-26(4-2)8-12-31/h5-24H,3-4H2,1-2H3. The van der Waals surface area contributed by atoms with E-state index in [2.05, 4.69) is 0 Å². The van der Waals surface area contributed by atoms with Gasteiger partial charge in [0.15, 0.2) is 0 Å². The number of alkyl halides is 9. The fraction of sp³-hybridized carbons (Fsp3) is 0.167. The normalized spacial score (nSPS) is 12.3. The lowest BCUT2D eigenvalue weighted by Gasteiger charge is -2.24. The number of aryl methyl sites for hydroxylation is 2. The first-order valence-corrected chi connectivity index (χ1v) is 16.4. The van der Waals surface area contributed by atoms with Crippen LogP contribution in [0.4, 0.5) is 39.5 Å². The summed E-state index contributed by atoms with van der Waals surface area (Å²) in [5.74, 6) is 0. The number of benzene rings is 5. The molecular weight excluding hydrogens is 689 g/mol. The molecule has 0 saturated heterocycles. The van der Waals surface area contributed by atoms with Gasteiger partial charge in [0.05, 0.1) is 28.1 Å². The lowest BCUT2D eigenvalue weighted by Crippen LogP contribution is -2.06. The van der Waals surface area contributed by atoms with E-state index in [-0.39, 0.29) is 22.3 Å². The fourth-order valence-corrected chi connectivity index (χ4v) is 6.13. The van der Waals surface area contributed by atoms with Gasteiger partial charge in [-0.1, -0.05) is 98.8 Å². The van der Waals surface area contributed by atoms with Crippen LogP contribution in [0.25, 0.3) is 55.9 Å². The Morgan fingerprint density at radius 2 is 0.596 bits per heavy atom. The molecule has 1 heterocycles. The van der Waals surface area contributed by atoms with E-state index in [1.54, 1.807) is 0 Å². The van der Waals surface area contributed by atoms with Crippen LogP contribution in [0.1, 0.15) is 41.7 Å². The number of hydrogen-bond acceptors (Lipinski definition) is 1. The van der Waals surface area contributed by atoms with Crippen molar-refractivity contribution in [3.63, 3.8) is 0 Å². The lowest BCUT2D eigenvalue weighted by molar-refractivity contribution is -0.138. The van der Waals surface area contributed by atoms with Crippen LogP contribution in [0.15, 0.2) is 121 Å². The largest absolute Gasteiger partial charge is 0.416 e. The summed E-state index contributed by atoms with van der Waals surface area (Å²) in [6.07, 6.45) is -12.5. The molecule has 0 aliphatic carbocycles. The molecule has 5 aromatic carbocycles. The van der Waals surface area contributed by atoms with Crippen molar-refractivity contribution in [1.29, 1.82) is 0 Å². The molecule has 0 amide bonds. The Kier molecular flexibility index (Phi) is 9.79. The van der Waals surface area contributed by atoms with E-state index in [0.717, 1.165) is 60.4 Å². The van der Waals surface area contributed by atoms with Gasteiger partial charge in [-0.05, 0) is 77.1 Å². The molecule has 0 fully saturated rings. The topological polar surface area (TPSA) is 12.9 Å². The third kappa shape index (κ3) is 7.47. The molecule has 266 valence electrons. The summed E-state index contributed by atoms with van der Waals surface area (Å²) >= 11 is 0. The third-order valence-electron chi connectivity index (χ3n) is 8.97. The molecule has 6 rings (SSSR count). The van der Waals surface area contributed by atoms with Crippen LogP contribution in [0.3, 0.4) is 0 Å². The van der Waals surface area contributed by atoms with Gasteiger partial charge in [0.1, 0.15) is 0 Å². The zero-order chi connectivity index (χ0) is 37.4. The zero-order valence-electron chi connectivity index (χ0n) is 27.8. The first-order chi connectivity index (χ1) is 24.6. The Hall–Kier alpha value is -5.38. The van der Waals surface area contributed by atoms with Gasteiger partial charge < -0.3 is 0 Å². The fourth-order valence-electron chi connectivity index (χ4n) is 6.13. The number of hydrogen-bond donors (Lipinski definition) is 0. The van der Waals surface area contributed by atoms with Gasteiger partial charge in [0.25, 0.3) is 0 Å². The molecular formula is C42H30F9N. The second-order valence-corrected chi connectivity index (χ2v) is 12.3. The quantitative estimate of drug-likeness (QED) is 0.150. The van der Waals surface area contributed by atoms with E-state index in [4.69, 9.17) is 4.98 Å². The van der Waals surface area contributed by atoms with Crippen LogP contribution in [0, 0.1) is 0 Å². The van der Waals surface area contributed by atoms with Crippen LogP contribution in [-0.2, 0) is 31.4 Å². The molecule has 1 aromatic heterocycles. The summed E-state index contributed by atoms with van der Waals surface area (Å²) in [6.45, 7) is 3.95. The van der Waals surface area contributed by atoms with Crippen molar-refractivity contribution in [2.75, 3.05) is 0 Å². The first kappa shape index (κ1) is 36.4. The smallest absolute Gasteiger partial charge is 0.246 e. The Morgan fingerprint density at radius 1 is 0.346 bits per heavy atom. The number of nitrogens with zero attached hydrogens (tertiary/aromatic N) is 1. The van der Waals surface area contributed by atoms with Crippen molar-refractivity contribution >= 4 is 0 Å². The maximum Gasteiger partial charge on any atom is 0.416 e. The zero-order valence-corrected chi connectivity index (χ0v) is 27.8.